The van der Waals surface area contributed by atoms with Crippen molar-refractivity contribution in [3.05, 3.63) is 0 Å². The summed E-state index contributed by atoms with van der Waals surface area (Å²) in [5.74, 6) is -0.687. The molecule has 0 aliphatic carbocycles. The topological polar surface area (TPSA) is 49.8 Å². The van der Waals surface area contributed by atoms with Crippen molar-refractivity contribution in [1.29, 1.82) is 0 Å². The monoisotopic (exact) mass is 241 g/mol. The van der Waals surface area contributed by atoms with E-state index in [9.17, 15) is 9.90 Å². The second-order valence-corrected chi connectivity index (χ2v) is 5.96. The second kappa shape index (κ2) is 4.94. The van der Waals surface area contributed by atoms with Gasteiger partial charge in [-0.1, -0.05) is 13.8 Å². The van der Waals surface area contributed by atoms with Crippen LogP contribution >= 0.6 is 0 Å². The molecule has 0 amide bonds. The van der Waals surface area contributed by atoms with Gasteiger partial charge in [0.05, 0.1) is 6.10 Å². The molecule has 0 bridgehead atoms. The van der Waals surface area contributed by atoms with Gasteiger partial charge in [-0.05, 0) is 37.6 Å². The number of piperidine rings is 1. The van der Waals surface area contributed by atoms with Crippen LogP contribution in [0.5, 0.6) is 0 Å². The fourth-order valence-corrected chi connectivity index (χ4v) is 3.23. The number of rotatable bonds is 3. The Hall–Kier alpha value is -0.610. The van der Waals surface area contributed by atoms with Gasteiger partial charge in [0.15, 0.2) is 0 Å². The fraction of sp³-hybridized carbons (Fsp3) is 0.923. The number of aliphatic carboxylic acids is 1. The third kappa shape index (κ3) is 2.80. The van der Waals surface area contributed by atoms with Crippen LogP contribution < -0.4 is 0 Å². The number of carbonyl (C=O) groups is 1. The third-order valence-electron chi connectivity index (χ3n) is 4.07. The molecule has 2 heterocycles. The van der Waals surface area contributed by atoms with Gasteiger partial charge in [0.1, 0.15) is 6.04 Å². The highest BCUT2D eigenvalue weighted by molar-refractivity contribution is 5.74. The summed E-state index contributed by atoms with van der Waals surface area (Å²) in [7, 11) is 0. The first-order valence-corrected chi connectivity index (χ1v) is 6.59. The predicted octanol–water partition coefficient (Wildman–Crippen LogP) is 1.74. The van der Waals surface area contributed by atoms with Crippen LogP contribution in [-0.4, -0.2) is 47.8 Å². The zero-order chi connectivity index (χ0) is 12.5. The molecule has 17 heavy (non-hydrogen) atoms. The van der Waals surface area contributed by atoms with Crippen LogP contribution in [-0.2, 0) is 9.53 Å². The molecular weight excluding hydrogens is 218 g/mol. The van der Waals surface area contributed by atoms with Crippen molar-refractivity contribution in [2.24, 2.45) is 5.41 Å². The van der Waals surface area contributed by atoms with Gasteiger partial charge in [0.25, 0.3) is 0 Å². The van der Waals surface area contributed by atoms with Gasteiger partial charge >= 0.3 is 5.97 Å². The first-order chi connectivity index (χ1) is 8.00. The summed E-state index contributed by atoms with van der Waals surface area (Å²) in [6.07, 6.45) is 4.50. The number of hydrogen-bond donors (Lipinski definition) is 1. The molecule has 2 fully saturated rings. The molecule has 0 aromatic rings. The van der Waals surface area contributed by atoms with Crippen LogP contribution in [0.15, 0.2) is 0 Å². The van der Waals surface area contributed by atoms with Gasteiger partial charge in [-0.3, -0.25) is 9.69 Å². The van der Waals surface area contributed by atoms with Crippen LogP contribution in [0.3, 0.4) is 0 Å². The molecule has 0 aromatic carbocycles. The molecule has 2 atom stereocenters. The van der Waals surface area contributed by atoms with E-state index in [4.69, 9.17) is 4.74 Å². The highest BCUT2D eigenvalue weighted by Gasteiger charge is 2.43. The molecule has 0 radical (unpaired) electrons. The molecule has 0 saturated carbocycles. The molecule has 4 nitrogen and oxygen atoms in total. The first-order valence-electron chi connectivity index (χ1n) is 6.59. The third-order valence-corrected chi connectivity index (χ3v) is 4.07. The van der Waals surface area contributed by atoms with Crippen LogP contribution in [0.25, 0.3) is 0 Å². The average Bonchev–Trinajstić information content (AvgIpc) is 2.68. The van der Waals surface area contributed by atoms with E-state index in [1.807, 2.05) is 0 Å². The van der Waals surface area contributed by atoms with Crippen molar-refractivity contribution in [2.45, 2.75) is 51.7 Å². The molecule has 98 valence electrons. The van der Waals surface area contributed by atoms with Crippen molar-refractivity contribution < 1.29 is 14.6 Å². The largest absolute Gasteiger partial charge is 0.480 e. The van der Waals surface area contributed by atoms with Crippen molar-refractivity contribution in [1.82, 2.24) is 4.90 Å². The molecule has 2 aliphatic rings. The van der Waals surface area contributed by atoms with E-state index in [2.05, 4.69) is 18.7 Å². The van der Waals surface area contributed by atoms with Crippen molar-refractivity contribution in [2.75, 3.05) is 19.7 Å². The summed E-state index contributed by atoms with van der Waals surface area (Å²) in [4.78, 5) is 13.6. The minimum absolute atomic E-state index is 0.136. The maximum atomic E-state index is 11.5. The van der Waals surface area contributed by atoms with Gasteiger partial charge in [-0.25, -0.2) is 0 Å². The summed E-state index contributed by atoms with van der Waals surface area (Å²) in [5.41, 5.74) is -0.136. The SMILES string of the molecule is CC1(C)CCCN(CC2CCCO2)C1C(=O)O. The van der Waals surface area contributed by atoms with E-state index in [1.165, 1.54) is 0 Å². The summed E-state index contributed by atoms with van der Waals surface area (Å²) in [6, 6.07) is -0.361. The van der Waals surface area contributed by atoms with Gasteiger partial charge in [0.2, 0.25) is 0 Å². The zero-order valence-electron chi connectivity index (χ0n) is 10.8. The molecule has 0 spiro atoms. The molecule has 2 aliphatic heterocycles. The Balaban J connectivity index is 2.04. The number of carboxylic acid groups (broad SMARTS) is 1. The number of nitrogens with zero attached hydrogens (tertiary/aromatic N) is 1. The van der Waals surface area contributed by atoms with Crippen LogP contribution in [0, 0.1) is 5.41 Å². The lowest BCUT2D eigenvalue weighted by atomic mass is 9.76. The highest BCUT2D eigenvalue weighted by atomic mass is 16.5. The Labute approximate surface area is 103 Å². The van der Waals surface area contributed by atoms with Crippen LogP contribution in [0.2, 0.25) is 0 Å². The molecule has 0 aromatic heterocycles. The van der Waals surface area contributed by atoms with Crippen molar-refractivity contribution in [3.63, 3.8) is 0 Å². The lowest BCUT2D eigenvalue weighted by Gasteiger charge is -2.44. The van der Waals surface area contributed by atoms with Gasteiger partial charge in [0, 0.05) is 13.2 Å². The molecule has 1 N–H and O–H groups in total. The average molecular weight is 241 g/mol. The molecular formula is C13H23NO3. The van der Waals surface area contributed by atoms with E-state index in [0.717, 1.165) is 45.4 Å². The van der Waals surface area contributed by atoms with Crippen molar-refractivity contribution >= 4 is 5.97 Å². The first kappa shape index (κ1) is 12.8. The number of likely N-dealkylation sites (tertiary alicyclic amines) is 1. The second-order valence-electron chi connectivity index (χ2n) is 5.96. The molecule has 2 rings (SSSR count). The quantitative estimate of drug-likeness (QED) is 0.817. The number of hydrogen-bond acceptors (Lipinski definition) is 3. The van der Waals surface area contributed by atoms with Crippen LogP contribution in [0.4, 0.5) is 0 Å². The normalized spacial score (nSPS) is 33.8. The van der Waals surface area contributed by atoms with E-state index < -0.39 is 5.97 Å². The summed E-state index contributed by atoms with van der Waals surface area (Å²) < 4.78 is 5.62. The molecule has 2 unspecified atom stereocenters. The minimum Gasteiger partial charge on any atom is -0.480 e. The lowest BCUT2D eigenvalue weighted by molar-refractivity contribution is -0.151. The summed E-state index contributed by atoms with van der Waals surface area (Å²) in [6.45, 7) is 6.63. The maximum absolute atomic E-state index is 11.5. The number of carboxylic acids is 1. The standard InChI is InChI=1S/C13H23NO3/c1-13(2)6-4-7-14(11(13)12(15)16)9-10-5-3-8-17-10/h10-11H,3-9H2,1-2H3,(H,15,16). The smallest absolute Gasteiger partial charge is 0.321 e. The van der Waals surface area contributed by atoms with E-state index in [1.54, 1.807) is 0 Å². The fourth-order valence-electron chi connectivity index (χ4n) is 3.23. The van der Waals surface area contributed by atoms with E-state index in [0.29, 0.717) is 0 Å². The van der Waals surface area contributed by atoms with Gasteiger partial charge < -0.3 is 9.84 Å². The van der Waals surface area contributed by atoms with Crippen molar-refractivity contribution in [3.8, 4) is 0 Å². The highest BCUT2D eigenvalue weighted by Crippen LogP contribution is 2.35. The maximum Gasteiger partial charge on any atom is 0.321 e. The summed E-state index contributed by atoms with van der Waals surface area (Å²) in [5, 5.41) is 9.44. The molecule has 4 heteroatoms. The summed E-state index contributed by atoms with van der Waals surface area (Å²) >= 11 is 0. The Bertz CT molecular complexity index is 284. The minimum atomic E-state index is -0.687. The Morgan fingerprint density at radius 1 is 1.47 bits per heavy atom. The Kier molecular flexibility index (Phi) is 3.73. The lowest BCUT2D eigenvalue weighted by Crippen LogP contribution is -2.55. The van der Waals surface area contributed by atoms with Gasteiger partial charge in [-0.2, -0.15) is 0 Å². The van der Waals surface area contributed by atoms with Crippen LogP contribution in [0.1, 0.15) is 39.5 Å². The van der Waals surface area contributed by atoms with E-state index >= 15 is 0 Å². The zero-order valence-corrected chi connectivity index (χ0v) is 10.8. The molecule has 2 saturated heterocycles. The number of ether oxygens (including phenoxy) is 1. The Morgan fingerprint density at radius 2 is 2.24 bits per heavy atom. The predicted molar refractivity (Wildman–Crippen MR) is 65.0 cm³/mol. The van der Waals surface area contributed by atoms with Gasteiger partial charge in [-0.15, -0.1) is 0 Å². The Morgan fingerprint density at radius 3 is 2.82 bits per heavy atom. The van der Waals surface area contributed by atoms with E-state index in [-0.39, 0.29) is 17.6 Å².